The van der Waals surface area contributed by atoms with E-state index in [0.29, 0.717) is 13.2 Å². The molecular formula is C16H13N3O2. The lowest BCUT2D eigenvalue weighted by Crippen LogP contribution is -2.16. The van der Waals surface area contributed by atoms with Gasteiger partial charge in [0.05, 0.1) is 5.56 Å². The largest absolute Gasteiger partial charge is 0.486 e. The second-order valence-corrected chi connectivity index (χ2v) is 4.69. The Morgan fingerprint density at radius 2 is 1.76 bits per heavy atom. The molecule has 0 atom stereocenters. The lowest BCUT2D eigenvalue weighted by Gasteiger charge is -2.20. The topological polar surface area (TPSA) is 49.2 Å². The predicted molar refractivity (Wildman–Crippen MR) is 77.8 cm³/mol. The van der Waals surface area contributed by atoms with Crippen molar-refractivity contribution < 1.29 is 9.47 Å². The van der Waals surface area contributed by atoms with Gasteiger partial charge in [-0.1, -0.05) is 24.3 Å². The SMILES string of the molecule is c1ccc(-n2cnnc2-c2cccc3c2OCCO3)cc1. The van der Waals surface area contributed by atoms with Gasteiger partial charge >= 0.3 is 0 Å². The summed E-state index contributed by atoms with van der Waals surface area (Å²) in [4.78, 5) is 0. The molecule has 0 fully saturated rings. The smallest absolute Gasteiger partial charge is 0.172 e. The van der Waals surface area contributed by atoms with Crippen molar-refractivity contribution >= 4 is 0 Å². The quantitative estimate of drug-likeness (QED) is 0.723. The zero-order valence-electron chi connectivity index (χ0n) is 11.3. The molecule has 0 saturated carbocycles. The van der Waals surface area contributed by atoms with E-state index in [1.54, 1.807) is 6.33 Å². The van der Waals surface area contributed by atoms with Crippen LogP contribution in [0.3, 0.4) is 0 Å². The molecule has 21 heavy (non-hydrogen) atoms. The fourth-order valence-electron chi connectivity index (χ4n) is 2.45. The summed E-state index contributed by atoms with van der Waals surface area (Å²) in [5, 5.41) is 8.29. The zero-order valence-corrected chi connectivity index (χ0v) is 11.3. The predicted octanol–water partition coefficient (Wildman–Crippen LogP) is 2.71. The molecule has 0 amide bonds. The van der Waals surface area contributed by atoms with Crippen molar-refractivity contribution in [2.24, 2.45) is 0 Å². The molecule has 2 heterocycles. The lowest BCUT2D eigenvalue weighted by atomic mass is 10.1. The summed E-state index contributed by atoms with van der Waals surface area (Å²) in [6, 6.07) is 15.8. The minimum atomic E-state index is 0.545. The molecule has 0 unspecified atom stereocenters. The number of aromatic nitrogens is 3. The van der Waals surface area contributed by atoms with Crippen molar-refractivity contribution in [1.82, 2.24) is 14.8 Å². The van der Waals surface area contributed by atoms with E-state index in [1.807, 2.05) is 53.1 Å². The van der Waals surface area contributed by atoms with Gasteiger partial charge in [-0.25, -0.2) is 0 Å². The second-order valence-electron chi connectivity index (χ2n) is 4.69. The average molecular weight is 279 g/mol. The molecule has 0 bridgehead atoms. The van der Waals surface area contributed by atoms with Crippen molar-refractivity contribution in [1.29, 1.82) is 0 Å². The summed E-state index contributed by atoms with van der Waals surface area (Å²) in [5.41, 5.74) is 1.89. The highest BCUT2D eigenvalue weighted by Gasteiger charge is 2.20. The normalized spacial score (nSPS) is 13.1. The van der Waals surface area contributed by atoms with Crippen LogP contribution in [0.1, 0.15) is 0 Å². The number of rotatable bonds is 2. The Balaban J connectivity index is 1.88. The highest BCUT2D eigenvalue weighted by Crippen LogP contribution is 2.39. The van der Waals surface area contributed by atoms with Crippen molar-refractivity contribution in [3.63, 3.8) is 0 Å². The number of ether oxygens (including phenoxy) is 2. The minimum Gasteiger partial charge on any atom is -0.486 e. The molecule has 1 aliphatic rings. The van der Waals surface area contributed by atoms with E-state index in [2.05, 4.69) is 10.2 Å². The van der Waals surface area contributed by atoms with Gasteiger partial charge in [-0.05, 0) is 24.3 Å². The molecule has 0 saturated heterocycles. The van der Waals surface area contributed by atoms with E-state index in [1.165, 1.54) is 0 Å². The van der Waals surface area contributed by atoms with E-state index < -0.39 is 0 Å². The lowest BCUT2D eigenvalue weighted by molar-refractivity contribution is 0.172. The molecular weight excluding hydrogens is 266 g/mol. The third kappa shape index (κ3) is 2.03. The van der Waals surface area contributed by atoms with Crippen LogP contribution in [0.2, 0.25) is 0 Å². The van der Waals surface area contributed by atoms with E-state index in [4.69, 9.17) is 9.47 Å². The molecule has 5 nitrogen and oxygen atoms in total. The van der Waals surface area contributed by atoms with Gasteiger partial charge in [-0.3, -0.25) is 4.57 Å². The van der Waals surface area contributed by atoms with E-state index >= 15 is 0 Å². The van der Waals surface area contributed by atoms with E-state index in [0.717, 1.165) is 28.6 Å². The van der Waals surface area contributed by atoms with Crippen LogP contribution >= 0.6 is 0 Å². The molecule has 0 spiro atoms. The molecule has 4 rings (SSSR count). The number of para-hydroxylation sites is 2. The van der Waals surface area contributed by atoms with Gasteiger partial charge in [0.25, 0.3) is 0 Å². The first-order valence-corrected chi connectivity index (χ1v) is 6.78. The van der Waals surface area contributed by atoms with Crippen LogP contribution in [0.15, 0.2) is 54.9 Å². The first-order valence-electron chi connectivity index (χ1n) is 6.78. The summed E-state index contributed by atoms with van der Waals surface area (Å²) >= 11 is 0. The number of hydrogen-bond donors (Lipinski definition) is 0. The van der Waals surface area contributed by atoms with Gasteiger partial charge in [0, 0.05) is 5.69 Å². The highest BCUT2D eigenvalue weighted by molar-refractivity contribution is 5.70. The Bertz CT molecular complexity index is 768. The van der Waals surface area contributed by atoms with Gasteiger partial charge in [-0.15, -0.1) is 10.2 Å². The molecule has 1 aliphatic heterocycles. The zero-order chi connectivity index (χ0) is 14.1. The number of fused-ring (bicyclic) bond motifs is 1. The van der Waals surface area contributed by atoms with Crippen molar-refractivity contribution in [3.05, 3.63) is 54.9 Å². The molecule has 5 heteroatoms. The van der Waals surface area contributed by atoms with Crippen molar-refractivity contribution in [2.75, 3.05) is 13.2 Å². The summed E-state index contributed by atoms with van der Waals surface area (Å²) in [6.07, 6.45) is 1.70. The maximum absolute atomic E-state index is 5.76. The summed E-state index contributed by atoms with van der Waals surface area (Å²) < 4.78 is 13.3. The summed E-state index contributed by atoms with van der Waals surface area (Å²) in [6.45, 7) is 1.12. The van der Waals surface area contributed by atoms with Gasteiger partial charge in [0.2, 0.25) is 0 Å². The van der Waals surface area contributed by atoms with Crippen LogP contribution in [0.5, 0.6) is 11.5 Å². The number of hydrogen-bond acceptors (Lipinski definition) is 4. The molecule has 2 aromatic carbocycles. The first kappa shape index (κ1) is 12.0. The van der Waals surface area contributed by atoms with Gasteiger partial charge in [-0.2, -0.15) is 0 Å². The standard InChI is InChI=1S/C16H13N3O2/c1-2-5-12(6-3-1)19-11-17-18-16(19)13-7-4-8-14-15(13)21-10-9-20-14/h1-8,11H,9-10H2. The molecule has 3 aromatic rings. The van der Waals surface area contributed by atoms with Crippen LogP contribution in [0, 0.1) is 0 Å². The van der Waals surface area contributed by atoms with Crippen LogP contribution in [0.25, 0.3) is 17.1 Å². The van der Waals surface area contributed by atoms with Crippen LogP contribution in [-0.2, 0) is 0 Å². The second kappa shape index (κ2) is 4.94. The third-order valence-corrected chi connectivity index (χ3v) is 3.39. The Kier molecular flexibility index (Phi) is 2.81. The molecule has 0 N–H and O–H groups in total. The van der Waals surface area contributed by atoms with Gasteiger partial charge in [0.1, 0.15) is 19.5 Å². The fraction of sp³-hybridized carbons (Fsp3) is 0.125. The molecule has 1 aromatic heterocycles. The van der Waals surface area contributed by atoms with Crippen LogP contribution in [-0.4, -0.2) is 28.0 Å². The first-order chi connectivity index (χ1) is 10.4. The third-order valence-electron chi connectivity index (χ3n) is 3.39. The maximum Gasteiger partial charge on any atom is 0.172 e. The van der Waals surface area contributed by atoms with Gasteiger partial charge < -0.3 is 9.47 Å². The Labute approximate surface area is 121 Å². The van der Waals surface area contributed by atoms with Gasteiger partial charge in [0.15, 0.2) is 17.3 Å². The Hall–Kier alpha value is -2.82. The maximum atomic E-state index is 5.76. The average Bonchev–Trinajstić information content (AvgIpc) is 3.04. The van der Waals surface area contributed by atoms with Crippen molar-refractivity contribution in [2.45, 2.75) is 0 Å². The molecule has 104 valence electrons. The Morgan fingerprint density at radius 1 is 0.905 bits per heavy atom. The minimum absolute atomic E-state index is 0.545. The fourth-order valence-corrected chi connectivity index (χ4v) is 2.45. The van der Waals surface area contributed by atoms with Crippen LogP contribution in [0.4, 0.5) is 0 Å². The van der Waals surface area contributed by atoms with E-state index in [9.17, 15) is 0 Å². The summed E-state index contributed by atoms with van der Waals surface area (Å²) in [7, 11) is 0. The van der Waals surface area contributed by atoms with Crippen LogP contribution < -0.4 is 9.47 Å². The Morgan fingerprint density at radius 3 is 2.67 bits per heavy atom. The summed E-state index contributed by atoms with van der Waals surface area (Å²) in [5.74, 6) is 2.22. The molecule has 0 radical (unpaired) electrons. The van der Waals surface area contributed by atoms with Crippen molar-refractivity contribution in [3.8, 4) is 28.6 Å². The highest BCUT2D eigenvalue weighted by atomic mass is 16.6. The number of benzene rings is 2. The monoisotopic (exact) mass is 279 g/mol. The molecule has 0 aliphatic carbocycles. The number of nitrogens with zero attached hydrogens (tertiary/aromatic N) is 3. The van der Waals surface area contributed by atoms with E-state index in [-0.39, 0.29) is 0 Å².